The summed E-state index contributed by atoms with van der Waals surface area (Å²) in [6, 6.07) is 14.2. The average Bonchev–Trinajstić information content (AvgIpc) is 2.61. The van der Waals surface area contributed by atoms with Gasteiger partial charge in [0.15, 0.2) is 0 Å². The molecule has 2 aromatic rings. The topological polar surface area (TPSA) is 43.1 Å². The lowest BCUT2D eigenvalue weighted by Crippen LogP contribution is -2.21. The van der Waals surface area contributed by atoms with Crippen LogP contribution in [0.4, 0.5) is 0 Å². The molecular weight excluding hydrogens is 318 g/mol. The van der Waals surface area contributed by atoms with Crippen LogP contribution in [0.15, 0.2) is 42.5 Å². The summed E-state index contributed by atoms with van der Waals surface area (Å²) in [4.78, 5) is 11.4. The smallest absolute Gasteiger partial charge is 0.248 e. The van der Waals surface area contributed by atoms with E-state index < -0.39 is 0 Å². The molecule has 1 saturated carbocycles. The van der Waals surface area contributed by atoms with Gasteiger partial charge in [-0.15, -0.1) is 0 Å². The summed E-state index contributed by atoms with van der Waals surface area (Å²) in [6.07, 6.45) is 7.96. The minimum atomic E-state index is -0.379. The molecule has 0 bridgehead atoms. The van der Waals surface area contributed by atoms with Gasteiger partial charge < -0.3 is 5.73 Å². The monoisotopic (exact) mass is 349 g/mol. The number of carbonyl (C=O) groups excluding carboxylic acids is 1. The zero-order chi connectivity index (χ0) is 18.7. The lowest BCUT2D eigenvalue weighted by molar-refractivity contribution is 0.100. The highest BCUT2D eigenvalue weighted by Gasteiger charge is 2.26. The second kappa shape index (κ2) is 7.65. The van der Waals surface area contributed by atoms with Gasteiger partial charge in [-0.3, -0.25) is 4.79 Å². The Morgan fingerprint density at radius 2 is 1.77 bits per heavy atom. The number of carbonyl (C=O) groups is 1. The van der Waals surface area contributed by atoms with Crippen LogP contribution in [-0.2, 0) is 6.42 Å². The van der Waals surface area contributed by atoms with Crippen LogP contribution >= 0.6 is 0 Å². The van der Waals surface area contributed by atoms with Crippen molar-refractivity contribution >= 4 is 5.91 Å². The molecule has 2 N–H and O–H groups in total. The molecule has 1 fully saturated rings. The van der Waals surface area contributed by atoms with E-state index in [0.717, 1.165) is 17.0 Å². The Labute approximate surface area is 157 Å². The Bertz CT molecular complexity index is 781. The van der Waals surface area contributed by atoms with E-state index >= 15 is 0 Å². The molecular formula is C24H31NO. The fraction of sp³-hybridized carbons (Fsp3) is 0.458. The van der Waals surface area contributed by atoms with Crippen LogP contribution < -0.4 is 5.73 Å². The third-order valence-electron chi connectivity index (χ3n) is 6.10. The minimum Gasteiger partial charge on any atom is -0.366 e. The summed E-state index contributed by atoms with van der Waals surface area (Å²) < 4.78 is 0. The molecule has 1 aliphatic rings. The maximum atomic E-state index is 11.4. The van der Waals surface area contributed by atoms with Crippen molar-refractivity contribution in [3.63, 3.8) is 0 Å². The summed E-state index contributed by atoms with van der Waals surface area (Å²) in [5.74, 6) is 0.505. The summed E-state index contributed by atoms with van der Waals surface area (Å²) in [5, 5.41) is 0. The first kappa shape index (κ1) is 18.7. The number of rotatable bonds is 5. The van der Waals surface area contributed by atoms with Gasteiger partial charge in [-0.2, -0.15) is 0 Å². The average molecular weight is 350 g/mol. The summed E-state index contributed by atoms with van der Waals surface area (Å²) in [7, 11) is 0. The molecule has 3 rings (SSSR count). The third-order valence-corrected chi connectivity index (χ3v) is 6.10. The number of hydrogen-bond donors (Lipinski definition) is 1. The third kappa shape index (κ3) is 4.55. The minimum absolute atomic E-state index is 0.379. The summed E-state index contributed by atoms with van der Waals surface area (Å²) in [5.41, 5.74) is 11.5. The SMILES string of the molecule is Cc1cc(-c2cccc(C(N)=O)c2)ccc1CCC1CCC(C)(C)CC1. The number of hydrogen-bond acceptors (Lipinski definition) is 1. The van der Waals surface area contributed by atoms with E-state index in [1.807, 2.05) is 18.2 Å². The Kier molecular flexibility index (Phi) is 5.50. The molecule has 0 heterocycles. The number of benzene rings is 2. The first-order valence-electron chi connectivity index (χ1n) is 9.84. The van der Waals surface area contributed by atoms with Gasteiger partial charge in [-0.1, -0.05) is 44.2 Å². The second-order valence-electron chi connectivity index (χ2n) is 8.73. The predicted octanol–water partition coefficient (Wildman–Crippen LogP) is 5.91. The van der Waals surface area contributed by atoms with Crippen LogP contribution in [0.1, 0.15) is 67.4 Å². The molecule has 26 heavy (non-hydrogen) atoms. The molecule has 2 aromatic carbocycles. The number of amides is 1. The van der Waals surface area contributed by atoms with Gasteiger partial charge in [0.2, 0.25) is 5.91 Å². The van der Waals surface area contributed by atoms with Gasteiger partial charge >= 0.3 is 0 Å². The van der Waals surface area contributed by atoms with E-state index in [2.05, 4.69) is 39.0 Å². The van der Waals surface area contributed by atoms with Crippen molar-refractivity contribution < 1.29 is 4.79 Å². The number of aryl methyl sites for hydroxylation is 2. The highest BCUT2D eigenvalue weighted by Crippen LogP contribution is 2.39. The van der Waals surface area contributed by atoms with Crippen molar-refractivity contribution in [2.75, 3.05) is 0 Å². The second-order valence-corrected chi connectivity index (χ2v) is 8.73. The Balaban J connectivity index is 1.66. The number of primary amides is 1. The van der Waals surface area contributed by atoms with Crippen molar-refractivity contribution in [3.8, 4) is 11.1 Å². The fourth-order valence-corrected chi connectivity index (χ4v) is 4.12. The fourth-order valence-electron chi connectivity index (χ4n) is 4.12. The molecule has 1 amide bonds. The van der Waals surface area contributed by atoms with Gasteiger partial charge in [-0.25, -0.2) is 0 Å². The van der Waals surface area contributed by atoms with Crippen LogP contribution in [0.3, 0.4) is 0 Å². The Hall–Kier alpha value is -2.09. The van der Waals surface area contributed by atoms with E-state index in [9.17, 15) is 4.79 Å². The van der Waals surface area contributed by atoms with Crippen molar-refractivity contribution in [1.29, 1.82) is 0 Å². The van der Waals surface area contributed by atoms with E-state index in [0.29, 0.717) is 11.0 Å². The lowest BCUT2D eigenvalue weighted by atomic mass is 9.72. The maximum Gasteiger partial charge on any atom is 0.248 e. The molecule has 0 aliphatic heterocycles. The number of nitrogens with two attached hydrogens (primary N) is 1. The van der Waals surface area contributed by atoms with Crippen LogP contribution in [0.2, 0.25) is 0 Å². The van der Waals surface area contributed by atoms with Crippen molar-refractivity contribution in [2.45, 2.75) is 59.3 Å². The first-order chi connectivity index (χ1) is 12.3. The van der Waals surface area contributed by atoms with Gasteiger partial charge in [0.1, 0.15) is 0 Å². The Morgan fingerprint density at radius 1 is 1.08 bits per heavy atom. The molecule has 138 valence electrons. The van der Waals surface area contributed by atoms with Crippen LogP contribution in [0, 0.1) is 18.3 Å². The molecule has 0 aromatic heterocycles. The van der Waals surface area contributed by atoms with Gasteiger partial charge in [-0.05, 0) is 91.2 Å². The molecule has 0 unspecified atom stereocenters. The molecule has 2 heteroatoms. The van der Waals surface area contributed by atoms with Gasteiger partial charge in [0.25, 0.3) is 0 Å². The standard InChI is InChI=1S/C24H31NO/c1-17-15-21(20-5-4-6-22(16-20)23(25)26)10-9-19(17)8-7-18-11-13-24(2,3)14-12-18/h4-6,9-10,15-16,18H,7-8,11-14H2,1-3H3,(H2,25,26). The molecule has 1 aliphatic carbocycles. The maximum absolute atomic E-state index is 11.4. The largest absolute Gasteiger partial charge is 0.366 e. The van der Waals surface area contributed by atoms with Crippen molar-refractivity contribution in [1.82, 2.24) is 0 Å². The van der Waals surface area contributed by atoms with E-state index in [1.54, 1.807) is 6.07 Å². The molecule has 2 nitrogen and oxygen atoms in total. The lowest BCUT2D eigenvalue weighted by Gasteiger charge is -2.34. The highest BCUT2D eigenvalue weighted by atomic mass is 16.1. The van der Waals surface area contributed by atoms with E-state index in [4.69, 9.17) is 5.73 Å². The molecule has 0 spiro atoms. The van der Waals surface area contributed by atoms with Gasteiger partial charge in [0.05, 0.1) is 0 Å². The first-order valence-corrected chi connectivity index (χ1v) is 9.84. The van der Waals surface area contributed by atoms with Crippen molar-refractivity contribution in [3.05, 3.63) is 59.2 Å². The van der Waals surface area contributed by atoms with E-state index in [-0.39, 0.29) is 5.91 Å². The van der Waals surface area contributed by atoms with Crippen LogP contribution in [0.5, 0.6) is 0 Å². The molecule has 0 radical (unpaired) electrons. The van der Waals surface area contributed by atoms with Crippen molar-refractivity contribution in [2.24, 2.45) is 17.1 Å². The molecule has 0 atom stereocenters. The van der Waals surface area contributed by atoms with Crippen LogP contribution in [0.25, 0.3) is 11.1 Å². The molecule has 0 saturated heterocycles. The zero-order valence-electron chi connectivity index (χ0n) is 16.3. The zero-order valence-corrected chi connectivity index (χ0v) is 16.3. The Morgan fingerprint density at radius 3 is 2.42 bits per heavy atom. The van der Waals surface area contributed by atoms with Crippen LogP contribution in [-0.4, -0.2) is 5.91 Å². The van der Waals surface area contributed by atoms with E-state index in [1.165, 1.54) is 49.7 Å². The predicted molar refractivity (Wildman–Crippen MR) is 109 cm³/mol. The normalized spacial score (nSPS) is 17.2. The quantitative estimate of drug-likeness (QED) is 0.716. The summed E-state index contributed by atoms with van der Waals surface area (Å²) in [6.45, 7) is 7.00. The highest BCUT2D eigenvalue weighted by molar-refractivity contribution is 5.94. The van der Waals surface area contributed by atoms with Gasteiger partial charge in [0, 0.05) is 5.56 Å². The summed E-state index contributed by atoms with van der Waals surface area (Å²) >= 11 is 0.